The van der Waals surface area contributed by atoms with Gasteiger partial charge < -0.3 is 11.6 Å². The Morgan fingerprint density at radius 1 is 0.667 bits per heavy atom. The van der Waals surface area contributed by atoms with Gasteiger partial charge >= 0.3 is 41.5 Å². The first-order chi connectivity index (χ1) is 11.0. The fourth-order valence-corrected chi connectivity index (χ4v) is 3.04. The molecule has 138 valence electrons. The van der Waals surface area contributed by atoms with E-state index in [1.165, 1.54) is 44.9 Å². The maximum Gasteiger partial charge on any atom is 1.00 e. The maximum absolute atomic E-state index is 11.5. The molecule has 0 heterocycles. The normalized spacial score (nSPS) is 11.1. The third-order valence-electron chi connectivity index (χ3n) is 4.73. The molecule has 0 aromatic carbocycles. The number of hydrogen-bond acceptors (Lipinski definition) is 2. The Labute approximate surface area is 171 Å². The van der Waals surface area contributed by atoms with E-state index in [2.05, 4.69) is 6.92 Å². The van der Waals surface area contributed by atoms with Gasteiger partial charge in [-0.3, -0.25) is 9.59 Å². The Morgan fingerprint density at radius 3 is 1.38 bits per heavy atom. The molecule has 4 nitrogen and oxygen atoms in total. The predicted molar refractivity (Wildman–Crippen MR) is 94.8 cm³/mol. The number of hydrogen-bond donors (Lipinski definition) is 2. The van der Waals surface area contributed by atoms with Gasteiger partial charge in [-0.2, -0.15) is 0 Å². The molecular formula is C19H37NaO4. The monoisotopic (exact) mass is 352 g/mol. The Morgan fingerprint density at radius 2 is 1.00 bits per heavy atom. The number of carboxylic acid groups (broad SMARTS) is 2. The van der Waals surface area contributed by atoms with Gasteiger partial charge in [0.25, 0.3) is 0 Å². The predicted octanol–water partition coefficient (Wildman–Crippen LogP) is 2.76. The molecule has 0 radical (unpaired) electrons. The van der Waals surface area contributed by atoms with Gasteiger partial charge in [-0.15, -0.1) is 0 Å². The van der Waals surface area contributed by atoms with Crippen LogP contribution >= 0.6 is 0 Å². The van der Waals surface area contributed by atoms with Crippen LogP contribution in [0.3, 0.4) is 0 Å². The van der Waals surface area contributed by atoms with Crippen LogP contribution in [0, 0.1) is 5.41 Å². The molecule has 0 aromatic heterocycles. The number of aliphatic carboxylic acids is 2. The van der Waals surface area contributed by atoms with Crippen molar-refractivity contribution >= 4 is 11.9 Å². The summed E-state index contributed by atoms with van der Waals surface area (Å²) >= 11 is 0. The van der Waals surface area contributed by atoms with E-state index >= 15 is 0 Å². The van der Waals surface area contributed by atoms with E-state index in [0.717, 1.165) is 19.3 Å². The SMILES string of the molecule is CCCCCCCCCCCCC(CCCC)(C(=O)O)C(=O)O.[H-].[Na+]. The molecular weight excluding hydrogens is 315 g/mol. The second-order valence-electron chi connectivity index (χ2n) is 6.73. The standard InChI is InChI=1S/C19H36O4.Na.H/c1-3-5-7-8-9-10-11-12-13-14-16-19(17(20)21,18(22)23)15-6-4-2;;/h3-16H2,1-2H3,(H,20,21)(H,22,23);;/q;+1;-1. The number of rotatable bonds is 16. The molecule has 24 heavy (non-hydrogen) atoms. The third kappa shape index (κ3) is 10.7. The van der Waals surface area contributed by atoms with Gasteiger partial charge in [0.05, 0.1) is 0 Å². The molecule has 2 N–H and O–H groups in total. The van der Waals surface area contributed by atoms with Gasteiger partial charge in [0.2, 0.25) is 0 Å². The molecule has 0 saturated carbocycles. The molecule has 5 heteroatoms. The molecule has 0 aromatic rings. The average Bonchev–Trinajstić information content (AvgIpc) is 2.51. The van der Waals surface area contributed by atoms with Gasteiger partial charge in [0, 0.05) is 0 Å². The second kappa shape index (κ2) is 16.4. The van der Waals surface area contributed by atoms with Crippen LogP contribution in [0.25, 0.3) is 0 Å². The van der Waals surface area contributed by atoms with E-state index in [1.54, 1.807) is 0 Å². The summed E-state index contributed by atoms with van der Waals surface area (Å²) in [6.07, 6.45) is 13.6. The Kier molecular flexibility index (Phi) is 17.9. The Bertz CT molecular complexity index is 323. The van der Waals surface area contributed by atoms with Crippen molar-refractivity contribution in [3.63, 3.8) is 0 Å². The van der Waals surface area contributed by atoms with Gasteiger partial charge in [0.15, 0.2) is 5.41 Å². The summed E-state index contributed by atoms with van der Waals surface area (Å²) in [4.78, 5) is 23.0. The fraction of sp³-hybridized carbons (Fsp3) is 0.895. The van der Waals surface area contributed by atoms with Crippen LogP contribution in [-0.2, 0) is 9.59 Å². The molecule has 0 atom stereocenters. The molecule has 0 aliphatic heterocycles. The van der Waals surface area contributed by atoms with Crippen LogP contribution in [0.1, 0.15) is 105 Å². The van der Waals surface area contributed by atoms with E-state index in [9.17, 15) is 19.8 Å². The van der Waals surface area contributed by atoms with Gasteiger partial charge in [-0.05, 0) is 12.8 Å². The number of carbonyl (C=O) groups is 2. The first kappa shape index (κ1) is 26.2. The summed E-state index contributed by atoms with van der Waals surface area (Å²) in [6.45, 7) is 4.17. The van der Waals surface area contributed by atoms with Crippen LogP contribution in [0.4, 0.5) is 0 Å². The van der Waals surface area contributed by atoms with Gasteiger partial charge in [0.1, 0.15) is 0 Å². The van der Waals surface area contributed by atoms with Crippen LogP contribution in [0.2, 0.25) is 0 Å². The number of unbranched alkanes of at least 4 members (excludes halogenated alkanes) is 10. The first-order valence-corrected chi connectivity index (χ1v) is 9.48. The zero-order valence-corrected chi connectivity index (χ0v) is 18.1. The van der Waals surface area contributed by atoms with E-state index < -0.39 is 17.4 Å². The minimum Gasteiger partial charge on any atom is -1.00 e. The van der Waals surface area contributed by atoms with Crippen molar-refractivity contribution in [1.29, 1.82) is 0 Å². The smallest absolute Gasteiger partial charge is 1.00 e. The molecule has 0 bridgehead atoms. The van der Waals surface area contributed by atoms with E-state index in [0.29, 0.717) is 12.8 Å². The van der Waals surface area contributed by atoms with Crippen molar-refractivity contribution in [3.8, 4) is 0 Å². The summed E-state index contributed by atoms with van der Waals surface area (Å²) in [5.41, 5.74) is -1.57. The Hall–Kier alpha value is -0.0600. The van der Waals surface area contributed by atoms with E-state index in [4.69, 9.17) is 0 Å². The van der Waals surface area contributed by atoms with Crippen molar-refractivity contribution in [3.05, 3.63) is 0 Å². The van der Waals surface area contributed by atoms with Gasteiger partial charge in [-0.1, -0.05) is 90.9 Å². The molecule has 0 fully saturated rings. The molecule has 0 spiro atoms. The largest absolute Gasteiger partial charge is 1.00 e. The van der Waals surface area contributed by atoms with Crippen LogP contribution in [-0.4, -0.2) is 22.2 Å². The summed E-state index contributed by atoms with van der Waals surface area (Å²) < 4.78 is 0. The molecule has 0 saturated heterocycles. The topological polar surface area (TPSA) is 74.6 Å². The van der Waals surface area contributed by atoms with E-state index in [1.807, 2.05) is 6.92 Å². The van der Waals surface area contributed by atoms with Crippen molar-refractivity contribution < 1.29 is 50.8 Å². The minimum absolute atomic E-state index is 0. The van der Waals surface area contributed by atoms with Gasteiger partial charge in [-0.25, -0.2) is 0 Å². The van der Waals surface area contributed by atoms with E-state index in [-0.39, 0.29) is 43.8 Å². The zero-order valence-electron chi connectivity index (χ0n) is 17.1. The zero-order chi connectivity index (χ0) is 17.6. The summed E-state index contributed by atoms with van der Waals surface area (Å²) in [5, 5.41) is 18.8. The van der Waals surface area contributed by atoms with Crippen LogP contribution in [0.5, 0.6) is 0 Å². The quantitative estimate of drug-likeness (QED) is 0.254. The second-order valence-corrected chi connectivity index (χ2v) is 6.73. The molecule has 0 amide bonds. The molecule has 0 aliphatic carbocycles. The van der Waals surface area contributed by atoms with Crippen molar-refractivity contribution in [1.82, 2.24) is 0 Å². The van der Waals surface area contributed by atoms with Crippen molar-refractivity contribution in [2.24, 2.45) is 5.41 Å². The molecule has 0 rings (SSSR count). The molecule has 0 unspecified atom stereocenters. The van der Waals surface area contributed by atoms with Crippen LogP contribution in [0.15, 0.2) is 0 Å². The summed E-state index contributed by atoms with van der Waals surface area (Å²) in [5.74, 6) is -2.34. The first-order valence-electron chi connectivity index (χ1n) is 9.48. The number of carboxylic acids is 2. The molecule has 0 aliphatic rings. The minimum atomic E-state index is -1.57. The maximum atomic E-state index is 11.5. The van der Waals surface area contributed by atoms with Crippen molar-refractivity contribution in [2.45, 2.75) is 104 Å². The third-order valence-corrected chi connectivity index (χ3v) is 4.73. The fourth-order valence-electron chi connectivity index (χ4n) is 3.04. The van der Waals surface area contributed by atoms with Crippen LogP contribution < -0.4 is 29.6 Å². The Balaban J connectivity index is -0.00000242. The average molecular weight is 352 g/mol. The summed E-state index contributed by atoms with van der Waals surface area (Å²) in [7, 11) is 0. The van der Waals surface area contributed by atoms with Crippen molar-refractivity contribution in [2.75, 3.05) is 0 Å². The summed E-state index contributed by atoms with van der Waals surface area (Å²) in [6, 6.07) is 0.